The Morgan fingerprint density at radius 3 is 2.35 bits per heavy atom. The molecule has 5 heteroatoms. The SMILES string of the molecule is Cc1cc(C(=O)N(Cc2ccc(C(=O)NC3CC3)cc2)C2CC2)c(C)s1. The second-order valence-electron chi connectivity index (χ2n) is 7.44. The van der Waals surface area contributed by atoms with E-state index in [1.807, 2.05) is 49.1 Å². The van der Waals surface area contributed by atoms with Crippen molar-refractivity contribution in [2.75, 3.05) is 0 Å². The lowest BCUT2D eigenvalue weighted by Gasteiger charge is -2.23. The van der Waals surface area contributed by atoms with Crippen LogP contribution in [-0.2, 0) is 6.54 Å². The summed E-state index contributed by atoms with van der Waals surface area (Å²) in [5.41, 5.74) is 2.59. The van der Waals surface area contributed by atoms with Crippen molar-refractivity contribution >= 4 is 23.2 Å². The fourth-order valence-electron chi connectivity index (χ4n) is 3.21. The van der Waals surface area contributed by atoms with Crippen LogP contribution in [0.4, 0.5) is 0 Å². The predicted molar refractivity (Wildman–Crippen MR) is 104 cm³/mol. The van der Waals surface area contributed by atoms with E-state index in [0.717, 1.165) is 41.7 Å². The standard InChI is InChI=1S/C21H24N2O2S/c1-13-11-19(14(2)26-13)21(25)23(18-9-10-18)12-15-3-5-16(6-4-15)20(24)22-17-7-8-17/h3-6,11,17-18H,7-10,12H2,1-2H3,(H,22,24). The van der Waals surface area contributed by atoms with Gasteiger partial charge in [0.25, 0.3) is 11.8 Å². The van der Waals surface area contributed by atoms with E-state index in [1.54, 1.807) is 11.3 Å². The Morgan fingerprint density at radius 1 is 1.12 bits per heavy atom. The van der Waals surface area contributed by atoms with Crippen molar-refractivity contribution in [2.45, 2.75) is 58.2 Å². The summed E-state index contributed by atoms with van der Waals surface area (Å²) in [6, 6.07) is 10.4. The number of amides is 2. The molecule has 2 aliphatic carbocycles. The lowest BCUT2D eigenvalue weighted by molar-refractivity contribution is 0.0729. The highest BCUT2D eigenvalue weighted by atomic mass is 32.1. The van der Waals surface area contributed by atoms with Gasteiger partial charge in [0.15, 0.2) is 0 Å². The second-order valence-corrected chi connectivity index (χ2v) is 8.90. The molecule has 4 rings (SSSR count). The van der Waals surface area contributed by atoms with Gasteiger partial charge < -0.3 is 10.2 Å². The van der Waals surface area contributed by atoms with Gasteiger partial charge in [0.1, 0.15) is 0 Å². The van der Waals surface area contributed by atoms with E-state index in [-0.39, 0.29) is 11.8 Å². The predicted octanol–water partition coefficient (Wildman–Crippen LogP) is 4.06. The van der Waals surface area contributed by atoms with Crippen molar-refractivity contribution in [1.29, 1.82) is 0 Å². The molecule has 0 spiro atoms. The van der Waals surface area contributed by atoms with Gasteiger partial charge in [-0.2, -0.15) is 0 Å². The van der Waals surface area contributed by atoms with Crippen molar-refractivity contribution < 1.29 is 9.59 Å². The fraction of sp³-hybridized carbons (Fsp3) is 0.429. The topological polar surface area (TPSA) is 49.4 Å². The highest BCUT2D eigenvalue weighted by Gasteiger charge is 2.34. The monoisotopic (exact) mass is 368 g/mol. The van der Waals surface area contributed by atoms with Crippen LogP contribution in [0.25, 0.3) is 0 Å². The molecule has 1 N–H and O–H groups in total. The maximum Gasteiger partial charge on any atom is 0.255 e. The zero-order chi connectivity index (χ0) is 18.3. The first kappa shape index (κ1) is 17.3. The largest absolute Gasteiger partial charge is 0.349 e. The van der Waals surface area contributed by atoms with Crippen LogP contribution in [0.5, 0.6) is 0 Å². The molecule has 0 unspecified atom stereocenters. The Morgan fingerprint density at radius 2 is 1.81 bits per heavy atom. The number of nitrogens with zero attached hydrogens (tertiary/aromatic N) is 1. The van der Waals surface area contributed by atoms with E-state index in [2.05, 4.69) is 5.32 Å². The lowest BCUT2D eigenvalue weighted by atomic mass is 10.1. The summed E-state index contributed by atoms with van der Waals surface area (Å²) in [6.07, 6.45) is 4.33. The van der Waals surface area contributed by atoms with Gasteiger partial charge in [-0.25, -0.2) is 0 Å². The molecule has 136 valence electrons. The first-order chi connectivity index (χ1) is 12.5. The molecule has 26 heavy (non-hydrogen) atoms. The third kappa shape index (κ3) is 3.83. The van der Waals surface area contributed by atoms with Crippen LogP contribution in [-0.4, -0.2) is 28.8 Å². The summed E-state index contributed by atoms with van der Waals surface area (Å²) in [4.78, 5) is 29.4. The highest BCUT2D eigenvalue weighted by molar-refractivity contribution is 7.12. The van der Waals surface area contributed by atoms with Crippen LogP contribution in [0, 0.1) is 13.8 Å². The van der Waals surface area contributed by atoms with Crippen LogP contribution in [0.15, 0.2) is 30.3 Å². The van der Waals surface area contributed by atoms with Crippen LogP contribution >= 0.6 is 11.3 Å². The van der Waals surface area contributed by atoms with E-state index in [4.69, 9.17) is 0 Å². The van der Waals surface area contributed by atoms with Gasteiger partial charge in [0.05, 0.1) is 5.56 Å². The molecular formula is C21H24N2O2S. The quantitative estimate of drug-likeness (QED) is 0.836. The molecule has 1 aromatic heterocycles. The van der Waals surface area contributed by atoms with Gasteiger partial charge in [-0.1, -0.05) is 12.1 Å². The van der Waals surface area contributed by atoms with Crippen molar-refractivity contribution in [3.8, 4) is 0 Å². The summed E-state index contributed by atoms with van der Waals surface area (Å²) in [5.74, 6) is 0.128. The van der Waals surface area contributed by atoms with Crippen LogP contribution < -0.4 is 5.32 Å². The number of hydrogen-bond acceptors (Lipinski definition) is 3. The third-order valence-corrected chi connectivity index (χ3v) is 5.97. The first-order valence-electron chi connectivity index (χ1n) is 9.29. The first-order valence-corrected chi connectivity index (χ1v) is 10.1. The van der Waals surface area contributed by atoms with Crippen molar-refractivity contribution in [3.63, 3.8) is 0 Å². The number of hydrogen-bond donors (Lipinski definition) is 1. The normalized spacial score (nSPS) is 16.4. The molecule has 0 saturated heterocycles. The minimum absolute atomic E-state index is 0.00134. The van der Waals surface area contributed by atoms with Crippen LogP contribution in [0.3, 0.4) is 0 Å². The third-order valence-electron chi connectivity index (χ3n) is 5.00. The Kier molecular flexibility index (Phi) is 4.57. The van der Waals surface area contributed by atoms with Crippen molar-refractivity contribution in [3.05, 3.63) is 56.8 Å². The average molecular weight is 369 g/mol. The van der Waals surface area contributed by atoms with E-state index in [9.17, 15) is 9.59 Å². The molecule has 0 atom stereocenters. The Hall–Kier alpha value is -2.14. The molecule has 2 fully saturated rings. The van der Waals surface area contributed by atoms with Gasteiger partial charge in [-0.05, 0) is 63.3 Å². The van der Waals surface area contributed by atoms with Crippen molar-refractivity contribution in [2.24, 2.45) is 0 Å². The minimum Gasteiger partial charge on any atom is -0.349 e. The van der Waals surface area contributed by atoms with Crippen LogP contribution in [0.1, 0.15) is 61.7 Å². The van der Waals surface area contributed by atoms with Gasteiger partial charge in [-0.3, -0.25) is 9.59 Å². The number of thiophene rings is 1. The molecule has 2 saturated carbocycles. The summed E-state index contributed by atoms with van der Waals surface area (Å²) < 4.78 is 0. The smallest absolute Gasteiger partial charge is 0.255 e. The number of benzene rings is 1. The molecule has 2 aromatic rings. The zero-order valence-corrected chi connectivity index (χ0v) is 16.1. The number of rotatable bonds is 6. The summed E-state index contributed by atoms with van der Waals surface area (Å²) in [6.45, 7) is 4.66. The number of nitrogens with one attached hydrogen (secondary N) is 1. The molecule has 2 aliphatic rings. The number of aryl methyl sites for hydroxylation is 2. The molecule has 0 radical (unpaired) electrons. The summed E-state index contributed by atoms with van der Waals surface area (Å²) in [7, 11) is 0. The Labute approximate surface area is 158 Å². The van der Waals surface area contributed by atoms with Gasteiger partial charge in [0.2, 0.25) is 0 Å². The zero-order valence-electron chi connectivity index (χ0n) is 15.2. The van der Waals surface area contributed by atoms with Gasteiger partial charge in [0, 0.05) is 33.9 Å². The Bertz CT molecular complexity index is 832. The lowest BCUT2D eigenvalue weighted by Crippen LogP contribution is -2.32. The summed E-state index contributed by atoms with van der Waals surface area (Å²) in [5, 5.41) is 3.00. The van der Waals surface area contributed by atoms with Crippen molar-refractivity contribution in [1.82, 2.24) is 10.2 Å². The van der Waals surface area contributed by atoms with E-state index >= 15 is 0 Å². The minimum atomic E-state index is -0.00134. The molecule has 2 amide bonds. The van der Waals surface area contributed by atoms with E-state index in [0.29, 0.717) is 24.2 Å². The molecular weight excluding hydrogens is 344 g/mol. The molecule has 0 aliphatic heterocycles. The van der Waals surface area contributed by atoms with E-state index in [1.165, 1.54) is 4.88 Å². The molecule has 0 bridgehead atoms. The van der Waals surface area contributed by atoms with Gasteiger partial charge in [-0.15, -0.1) is 11.3 Å². The van der Waals surface area contributed by atoms with Gasteiger partial charge >= 0.3 is 0 Å². The maximum absolute atomic E-state index is 13.0. The van der Waals surface area contributed by atoms with E-state index < -0.39 is 0 Å². The molecule has 1 aromatic carbocycles. The number of carbonyl (C=O) groups excluding carboxylic acids is 2. The molecule has 4 nitrogen and oxygen atoms in total. The molecule has 1 heterocycles. The van der Waals surface area contributed by atoms with Crippen LogP contribution in [0.2, 0.25) is 0 Å². The Balaban J connectivity index is 1.47. The summed E-state index contributed by atoms with van der Waals surface area (Å²) >= 11 is 1.68. The highest BCUT2D eigenvalue weighted by Crippen LogP contribution is 2.32. The average Bonchev–Trinajstić information content (AvgIpc) is 3.53. The fourth-order valence-corrected chi connectivity index (χ4v) is 4.12. The maximum atomic E-state index is 13.0. The second kappa shape index (κ2) is 6.88. The number of carbonyl (C=O) groups is 2.